The Hall–Kier alpha value is -0.200. The standard InChI is InChI=1S/C11H23NO4/c1-8(11(2,14)15-3)16-10-4-9(7-13)5-12-6-10/h8-10,12-14H,4-7H2,1-3H3. The Balaban J connectivity index is 2.41. The van der Waals surface area contributed by atoms with Gasteiger partial charge in [0.1, 0.15) is 6.10 Å². The molecule has 96 valence electrons. The highest BCUT2D eigenvalue weighted by molar-refractivity contribution is 4.79. The van der Waals surface area contributed by atoms with Crippen molar-refractivity contribution in [2.24, 2.45) is 5.92 Å². The molecule has 0 amide bonds. The van der Waals surface area contributed by atoms with Gasteiger partial charge in [0, 0.05) is 26.8 Å². The molecule has 0 aromatic heterocycles. The van der Waals surface area contributed by atoms with Crippen LogP contribution in [0.15, 0.2) is 0 Å². The predicted octanol–water partition coefficient (Wildman–Crippen LogP) is -0.283. The lowest BCUT2D eigenvalue weighted by atomic mass is 9.98. The first-order valence-corrected chi connectivity index (χ1v) is 5.74. The van der Waals surface area contributed by atoms with Gasteiger partial charge in [-0.15, -0.1) is 0 Å². The van der Waals surface area contributed by atoms with Gasteiger partial charge in [0.15, 0.2) is 5.79 Å². The van der Waals surface area contributed by atoms with Crippen molar-refractivity contribution in [3.05, 3.63) is 0 Å². The fourth-order valence-electron chi connectivity index (χ4n) is 1.81. The molecule has 0 radical (unpaired) electrons. The summed E-state index contributed by atoms with van der Waals surface area (Å²) in [4.78, 5) is 0. The Bertz CT molecular complexity index is 210. The van der Waals surface area contributed by atoms with E-state index in [4.69, 9.17) is 14.6 Å². The number of nitrogens with one attached hydrogen (secondary N) is 1. The monoisotopic (exact) mass is 233 g/mol. The first kappa shape index (κ1) is 13.9. The van der Waals surface area contributed by atoms with Crippen molar-refractivity contribution in [3.63, 3.8) is 0 Å². The molecule has 16 heavy (non-hydrogen) atoms. The molecule has 4 atom stereocenters. The van der Waals surface area contributed by atoms with Crippen LogP contribution >= 0.6 is 0 Å². The van der Waals surface area contributed by atoms with E-state index in [0.717, 1.165) is 19.5 Å². The van der Waals surface area contributed by atoms with Crippen LogP contribution in [0, 0.1) is 5.92 Å². The molecule has 0 saturated carbocycles. The average molecular weight is 233 g/mol. The molecule has 5 nitrogen and oxygen atoms in total. The number of ether oxygens (including phenoxy) is 2. The van der Waals surface area contributed by atoms with Gasteiger partial charge in [-0.05, 0) is 26.2 Å². The zero-order valence-electron chi connectivity index (χ0n) is 10.3. The summed E-state index contributed by atoms with van der Waals surface area (Å²) in [5.74, 6) is -1.04. The first-order chi connectivity index (χ1) is 7.49. The Morgan fingerprint density at radius 2 is 2.19 bits per heavy atom. The number of aliphatic hydroxyl groups excluding tert-OH is 1. The van der Waals surface area contributed by atoms with Crippen LogP contribution < -0.4 is 5.32 Å². The maximum atomic E-state index is 9.83. The normalized spacial score (nSPS) is 32.1. The summed E-state index contributed by atoms with van der Waals surface area (Å²) in [7, 11) is 1.45. The largest absolute Gasteiger partial charge is 0.396 e. The van der Waals surface area contributed by atoms with E-state index in [9.17, 15) is 5.11 Å². The number of rotatable bonds is 5. The maximum absolute atomic E-state index is 9.83. The average Bonchev–Trinajstić information content (AvgIpc) is 2.29. The zero-order valence-corrected chi connectivity index (χ0v) is 10.3. The molecule has 0 aromatic carbocycles. The smallest absolute Gasteiger partial charge is 0.188 e. The fourth-order valence-corrected chi connectivity index (χ4v) is 1.81. The molecule has 1 aliphatic rings. The molecule has 1 rings (SSSR count). The van der Waals surface area contributed by atoms with Gasteiger partial charge in [-0.25, -0.2) is 0 Å². The Morgan fingerprint density at radius 3 is 2.75 bits per heavy atom. The van der Waals surface area contributed by atoms with E-state index in [-0.39, 0.29) is 18.6 Å². The number of hydrogen-bond donors (Lipinski definition) is 3. The molecule has 0 bridgehead atoms. The van der Waals surface area contributed by atoms with Gasteiger partial charge >= 0.3 is 0 Å². The minimum atomic E-state index is -1.27. The second kappa shape index (κ2) is 5.93. The van der Waals surface area contributed by atoms with Gasteiger partial charge in [-0.2, -0.15) is 0 Å². The van der Waals surface area contributed by atoms with Crippen LogP contribution in [-0.2, 0) is 9.47 Å². The van der Waals surface area contributed by atoms with Crippen molar-refractivity contribution in [2.45, 2.75) is 38.3 Å². The minimum absolute atomic E-state index is 0.0162. The highest BCUT2D eigenvalue weighted by atomic mass is 16.6. The fraction of sp³-hybridized carbons (Fsp3) is 1.00. The second-order valence-electron chi connectivity index (χ2n) is 4.60. The summed E-state index contributed by atoms with van der Waals surface area (Å²) in [5.41, 5.74) is 0. The molecule has 5 heteroatoms. The van der Waals surface area contributed by atoms with E-state index >= 15 is 0 Å². The number of piperidine rings is 1. The SMILES string of the molecule is COC(C)(O)C(C)OC1CNCC(CO)C1. The third-order valence-corrected chi connectivity index (χ3v) is 3.22. The van der Waals surface area contributed by atoms with Crippen molar-refractivity contribution >= 4 is 0 Å². The topological polar surface area (TPSA) is 71.0 Å². The van der Waals surface area contributed by atoms with Crippen LogP contribution in [0.3, 0.4) is 0 Å². The molecule has 1 saturated heterocycles. The Morgan fingerprint density at radius 1 is 1.50 bits per heavy atom. The van der Waals surface area contributed by atoms with Gasteiger partial charge in [0.25, 0.3) is 0 Å². The Kier molecular flexibility index (Phi) is 5.14. The second-order valence-corrected chi connectivity index (χ2v) is 4.60. The van der Waals surface area contributed by atoms with E-state index < -0.39 is 11.9 Å². The quantitative estimate of drug-likeness (QED) is 0.570. The van der Waals surface area contributed by atoms with E-state index in [1.165, 1.54) is 7.11 Å². The van der Waals surface area contributed by atoms with Gasteiger partial charge < -0.3 is 25.0 Å². The van der Waals surface area contributed by atoms with Crippen molar-refractivity contribution in [2.75, 3.05) is 26.8 Å². The highest BCUT2D eigenvalue weighted by Crippen LogP contribution is 2.20. The van der Waals surface area contributed by atoms with Crippen molar-refractivity contribution in [1.29, 1.82) is 0 Å². The van der Waals surface area contributed by atoms with Crippen LogP contribution in [-0.4, -0.2) is 55.0 Å². The number of hydrogen-bond acceptors (Lipinski definition) is 5. The van der Waals surface area contributed by atoms with Crippen LogP contribution in [0.5, 0.6) is 0 Å². The summed E-state index contributed by atoms with van der Waals surface area (Å²) in [6, 6.07) is 0. The first-order valence-electron chi connectivity index (χ1n) is 5.74. The summed E-state index contributed by atoms with van der Waals surface area (Å²) >= 11 is 0. The molecule has 0 aliphatic carbocycles. The lowest BCUT2D eigenvalue weighted by Crippen LogP contribution is -2.48. The van der Waals surface area contributed by atoms with Crippen LogP contribution in [0.2, 0.25) is 0 Å². The van der Waals surface area contributed by atoms with Crippen LogP contribution in [0.4, 0.5) is 0 Å². The van der Waals surface area contributed by atoms with E-state index in [1.807, 2.05) is 0 Å². The van der Waals surface area contributed by atoms with Crippen molar-refractivity contribution < 1.29 is 19.7 Å². The molecule has 3 N–H and O–H groups in total. The van der Waals surface area contributed by atoms with E-state index in [0.29, 0.717) is 0 Å². The molecular weight excluding hydrogens is 210 g/mol. The van der Waals surface area contributed by atoms with Gasteiger partial charge in [0.05, 0.1) is 6.10 Å². The van der Waals surface area contributed by atoms with Gasteiger partial charge in [-0.1, -0.05) is 0 Å². The third kappa shape index (κ3) is 3.68. The molecule has 4 unspecified atom stereocenters. The summed E-state index contributed by atoms with van der Waals surface area (Å²) in [5, 5.41) is 22.1. The lowest BCUT2D eigenvalue weighted by Gasteiger charge is -2.35. The Labute approximate surface area is 96.7 Å². The van der Waals surface area contributed by atoms with E-state index in [2.05, 4.69) is 5.32 Å². The minimum Gasteiger partial charge on any atom is -0.396 e. The van der Waals surface area contributed by atoms with Crippen molar-refractivity contribution in [1.82, 2.24) is 5.32 Å². The zero-order chi connectivity index (χ0) is 12.2. The molecular formula is C11H23NO4. The maximum Gasteiger partial charge on any atom is 0.188 e. The van der Waals surface area contributed by atoms with E-state index in [1.54, 1.807) is 13.8 Å². The lowest BCUT2D eigenvalue weighted by molar-refractivity contribution is -0.249. The van der Waals surface area contributed by atoms with Crippen molar-refractivity contribution in [3.8, 4) is 0 Å². The molecule has 0 spiro atoms. The number of methoxy groups -OCH3 is 1. The predicted molar refractivity (Wildman–Crippen MR) is 60.0 cm³/mol. The summed E-state index contributed by atoms with van der Waals surface area (Å²) in [6.45, 7) is 5.11. The molecule has 0 aromatic rings. The van der Waals surface area contributed by atoms with Crippen LogP contribution in [0.1, 0.15) is 20.3 Å². The number of aliphatic hydroxyl groups is 2. The molecule has 1 heterocycles. The van der Waals surface area contributed by atoms with Gasteiger partial charge in [0.2, 0.25) is 0 Å². The summed E-state index contributed by atoms with van der Waals surface area (Å²) < 4.78 is 10.7. The van der Waals surface area contributed by atoms with Crippen LogP contribution in [0.25, 0.3) is 0 Å². The third-order valence-electron chi connectivity index (χ3n) is 3.22. The van der Waals surface area contributed by atoms with Gasteiger partial charge in [-0.3, -0.25) is 0 Å². The molecule has 1 fully saturated rings. The highest BCUT2D eigenvalue weighted by Gasteiger charge is 2.32. The molecule has 1 aliphatic heterocycles. The summed E-state index contributed by atoms with van der Waals surface area (Å²) in [6.07, 6.45) is 0.428.